The normalized spacial score (nSPS) is 12.7. The maximum absolute atomic E-state index is 14.0. The number of anilines is 1. The average molecular weight is 903 g/mol. The fraction of sp³-hybridized carbons (Fsp3) is 0.550. The van der Waals surface area contributed by atoms with E-state index in [0.717, 1.165) is 6.92 Å². The van der Waals surface area contributed by atoms with Crippen LogP contribution in [0.4, 0.5) is 10.5 Å². The molecule has 0 saturated carbocycles. The van der Waals surface area contributed by atoms with Gasteiger partial charge in [-0.15, -0.1) is 0 Å². The van der Waals surface area contributed by atoms with Crippen LogP contribution >= 0.6 is 0 Å². The van der Waals surface area contributed by atoms with Gasteiger partial charge in [-0.2, -0.15) is 0 Å². The number of amides is 5. The number of nitrogens with zero attached hydrogens (tertiary/aromatic N) is 3. The third kappa shape index (κ3) is 22.6. The summed E-state index contributed by atoms with van der Waals surface area (Å²) in [7, 11) is 0. The highest BCUT2D eigenvalue weighted by Gasteiger charge is 2.33. The number of benzene rings is 1. The Morgan fingerprint density at radius 2 is 1.14 bits per heavy atom. The highest BCUT2D eigenvalue weighted by Crippen LogP contribution is 2.21. The summed E-state index contributed by atoms with van der Waals surface area (Å²) in [6.45, 7) is 11.6. The second kappa shape index (κ2) is 27.0. The number of aliphatic imine (C=N–C) groups is 3. The van der Waals surface area contributed by atoms with Gasteiger partial charge in [-0.05, 0) is 89.8 Å². The van der Waals surface area contributed by atoms with E-state index in [4.69, 9.17) is 53.5 Å². The highest BCUT2D eigenvalue weighted by molar-refractivity contribution is 6.00. The summed E-state index contributed by atoms with van der Waals surface area (Å²) in [6.07, 6.45) is 0.123. The zero-order valence-electron chi connectivity index (χ0n) is 37.5. The summed E-state index contributed by atoms with van der Waals surface area (Å²) in [6, 6.07) is 1.40. The fourth-order valence-electron chi connectivity index (χ4n) is 5.72. The van der Waals surface area contributed by atoms with Gasteiger partial charge < -0.3 is 75.2 Å². The van der Waals surface area contributed by atoms with Crippen LogP contribution in [0.25, 0.3) is 11.0 Å². The van der Waals surface area contributed by atoms with Crippen molar-refractivity contribution in [2.45, 2.75) is 117 Å². The van der Waals surface area contributed by atoms with Crippen LogP contribution in [0.1, 0.15) is 85.6 Å². The molecule has 0 fully saturated rings. The molecule has 0 radical (unpaired) electrons. The molecule has 356 valence electrons. The van der Waals surface area contributed by atoms with Crippen LogP contribution in [-0.4, -0.2) is 108 Å². The number of nitrogens with two attached hydrogens (primary N) is 6. The molecule has 1 aromatic heterocycles. The number of carbonyl (C=O) groups excluding carboxylic acids is 5. The molecule has 2 aromatic rings. The minimum Gasteiger partial charge on any atom is -0.481 e. The van der Waals surface area contributed by atoms with Crippen molar-refractivity contribution < 1.29 is 43.0 Å². The van der Waals surface area contributed by atoms with E-state index in [0.29, 0.717) is 17.4 Å². The quantitative estimate of drug-likeness (QED) is 0.0301. The number of ether oxygens (including phenoxy) is 1. The van der Waals surface area contributed by atoms with E-state index in [1.54, 1.807) is 53.7 Å². The molecule has 0 saturated heterocycles. The molecule has 24 nitrogen and oxygen atoms in total. The van der Waals surface area contributed by atoms with E-state index in [9.17, 15) is 28.8 Å². The predicted octanol–water partition coefficient (Wildman–Crippen LogP) is -0.705. The smallest absolute Gasteiger partial charge is 0.408 e. The molecule has 5 amide bonds. The maximum atomic E-state index is 14.0. The van der Waals surface area contributed by atoms with E-state index in [-0.39, 0.29) is 80.9 Å². The van der Waals surface area contributed by atoms with Gasteiger partial charge in [0.15, 0.2) is 17.9 Å². The number of guanidine groups is 3. The average Bonchev–Trinajstić information content (AvgIpc) is 3.15. The number of carboxylic acids is 1. The molecule has 1 aromatic carbocycles. The van der Waals surface area contributed by atoms with Gasteiger partial charge in [0.1, 0.15) is 35.4 Å². The first kappa shape index (κ1) is 54.9. The summed E-state index contributed by atoms with van der Waals surface area (Å²) in [5.74, 6) is -4.58. The van der Waals surface area contributed by atoms with Gasteiger partial charge in [-0.1, -0.05) is 13.8 Å². The standard InChI is InChI=1S/C38H62N14O8.C2H4O2/c1-20(2)29(52-32(56)26(12-9-17-47-36(43)44)51-37(58)60-38(4,5)6)33(57)50-25(11-8-16-46-35(41)42)31(55)49-24(10-7-15-45-34(39)40)30(54)48-22-13-14-23-21(3)18-28(53)59-27(23)19-22;1-2(3)4/h13-14,18-20,24-26,29H,7-12,15-17H2,1-6H3,(H,48,54)(H,49,55)(H,50,57)(H,51,58)(H,52,56)(H4,39,40,45)(H4,41,42,46)(H4,43,44,47);1H3,(H,3,4)/t24-,25-,26-,29-;/m0./s1. The van der Waals surface area contributed by atoms with Crippen molar-refractivity contribution in [3.05, 3.63) is 40.2 Å². The van der Waals surface area contributed by atoms with Crippen molar-refractivity contribution in [3.63, 3.8) is 0 Å². The molecule has 18 N–H and O–H groups in total. The lowest BCUT2D eigenvalue weighted by molar-refractivity contribution is -0.134. The monoisotopic (exact) mass is 903 g/mol. The van der Waals surface area contributed by atoms with Crippen LogP contribution in [0.15, 0.2) is 48.5 Å². The van der Waals surface area contributed by atoms with E-state index in [1.807, 2.05) is 0 Å². The second-order valence-electron chi connectivity index (χ2n) is 15.9. The Hall–Kier alpha value is -7.14. The molecular weight excluding hydrogens is 837 g/mol. The van der Waals surface area contributed by atoms with Crippen LogP contribution in [0.3, 0.4) is 0 Å². The van der Waals surface area contributed by atoms with E-state index in [1.165, 1.54) is 12.1 Å². The van der Waals surface area contributed by atoms with Crippen LogP contribution in [-0.2, 0) is 28.7 Å². The Balaban J connectivity index is 0.00000490. The molecule has 1 heterocycles. The van der Waals surface area contributed by atoms with E-state index < -0.39 is 77.0 Å². The number of nitrogens with one attached hydrogen (secondary N) is 5. The van der Waals surface area contributed by atoms with E-state index >= 15 is 0 Å². The van der Waals surface area contributed by atoms with Gasteiger partial charge in [0.2, 0.25) is 23.6 Å². The SMILES string of the molecule is CC(=O)O.Cc1cc(=O)oc2cc(NC(=O)[C@H](CCCN=C(N)N)NC(=O)[C@H](CCCN=C(N)N)NC(=O)[C@@H](NC(=O)[C@H](CCCN=C(N)N)NC(=O)OC(C)(C)C)C(C)C)ccc12. The molecule has 4 atom stereocenters. The van der Waals surface area contributed by atoms with Crippen LogP contribution in [0.2, 0.25) is 0 Å². The third-order valence-electron chi connectivity index (χ3n) is 8.58. The molecule has 64 heavy (non-hydrogen) atoms. The molecule has 2 rings (SSSR count). The van der Waals surface area contributed by atoms with Crippen molar-refractivity contribution >= 4 is 70.2 Å². The molecular formula is C40H66N14O10. The van der Waals surface area contributed by atoms with Crippen LogP contribution < -0.4 is 66.6 Å². The van der Waals surface area contributed by atoms with Crippen molar-refractivity contribution in [1.82, 2.24) is 21.3 Å². The van der Waals surface area contributed by atoms with Gasteiger partial charge in [0.25, 0.3) is 5.97 Å². The number of fused-ring (bicyclic) bond motifs is 1. The number of aryl methyl sites for hydroxylation is 1. The van der Waals surface area contributed by atoms with Crippen LogP contribution in [0.5, 0.6) is 0 Å². The van der Waals surface area contributed by atoms with Gasteiger partial charge in [0.05, 0.1) is 0 Å². The molecule has 0 aliphatic rings. The van der Waals surface area contributed by atoms with Gasteiger partial charge in [0, 0.05) is 49.8 Å². The number of rotatable bonds is 22. The molecule has 0 bridgehead atoms. The van der Waals surface area contributed by atoms with Crippen molar-refractivity contribution in [2.24, 2.45) is 55.3 Å². The second-order valence-corrected chi connectivity index (χ2v) is 15.9. The third-order valence-corrected chi connectivity index (χ3v) is 8.58. The van der Waals surface area contributed by atoms with E-state index in [2.05, 4.69) is 41.6 Å². The lowest BCUT2D eigenvalue weighted by atomic mass is 10.0. The summed E-state index contributed by atoms with van der Waals surface area (Å²) in [5.41, 5.74) is 32.6. The maximum Gasteiger partial charge on any atom is 0.408 e. The number of alkyl carbamates (subject to hydrolysis) is 1. The Bertz CT molecular complexity index is 2050. The zero-order chi connectivity index (χ0) is 48.7. The largest absolute Gasteiger partial charge is 0.481 e. The van der Waals surface area contributed by atoms with Gasteiger partial charge >= 0.3 is 11.7 Å². The predicted molar refractivity (Wildman–Crippen MR) is 243 cm³/mol. The molecule has 0 aliphatic heterocycles. The highest BCUT2D eigenvalue weighted by atomic mass is 16.6. The molecule has 0 aliphatic carbocycles. The first-order valence-electron chi connectivity index (χ1n) is 20.4. The van der Waals surface area contributed by atoms with Crippen molar-refractivity contribution in [2.75, 3.05) is 25.0 Å². The molecule has 24 heteroatoms. The molecule has 0 spiro atoms. The number of carbonyl (C=O) groups is 6. The Labute approximate surface area is 371 Å². The number of hydrogen-bond acceptors (Lipinski definition) is 12. The molecule has 0 unspecified atom stereocenters. The lowest BCUT2D eigenvalue weighted by Gasteiger charge is -2.28. The first-order valence-corrected chi connectivity index (χ1v) is 20.4. The first-order chi connectivity index (χ1) is 29.8. The number of aliphatic carboxylic acids is 1. The Morgan fingerprint density at radius 3 is 1.59 bits per heavy atom. The topological polar surface area (TPSA) is 415 Å². The summed E-state index contributed by atoms with van der Waals surface area (Å²) in [4.78, 5) is 101. The summed E-state index contributed by atoms with van der Waals surface area (Å²) < 4.78 is 10.7. The number of carboxylic acid groups (broad SMARTS) is 1. The van der Waals surface area contributed by atoms with Gasteiger partial charge in [-0.25, -0.2) is 9.59 Å². The Morgan fingerprint density at radius 1 is 0.703 bits per heavy atom. The minimum absolute atomic E-state index is 0.0200. The summed E-state index contributed by atoms with van der Waals surface area (Å²) in [5, 5.41) is 21.5. The Kier molecular flexibility index (Phi) is 23.2. The van der Waals surface area contributed by atoms with Crippen molar-refractivity contribution in [3.8, 4) is 0 Å². The fourth-order valence-corrected chi connectivity index (χ4v) is 5.72. The van der Waals surface area contributed by atoms with Gasteiger partial charge in [-0.3, -0.25) is 38.9 Å². The number of hydrogen-bond donors (Lipinski definition) is 12. The lowest BCUT2D eigenvalue weighted by Crippen LogP contribution is -2.59. The summed E-state index contributed by atoms with van der Waals surface area (Å²) >= 11 is 0. The minimum atomic E-state index is -1.24. The zero-order valence-corrected chi connectivity index (χ0v) is 37.5. The van der Waals surface area contributed by atoms with Crippen molar-refractivity contribution in [1.29, 1.82) is 0 Å². The van der Waals surface area contributed by atoms with Crippen LogP contribution in [0, 0.1) is 12.8 Å².